The number of carbonyl (C=O) groups excluding carboxylic acids is 1. The van der Waals surface area contributed by atoms with Gasteiger partial charge in [0.2, 0.25) is 5.71 Å². The summed E-state index contributed by atoms with van der Waals surface area (Å²) < 4.78 is 18.2. The molecule has 4 aromatic rings. The topological polar surface area (TPSA) is 118 Å². The number of nitrogens with zero attached hydrogens (tertiary/aromatic N) is 4. The van der Waals surface area contributed by atoms with Crippen LogP contribution in [0.1, 0.15) is 40.1 Å². The maximum Gasteiger partial charge on any atom is 0.342 e. The smallest absolute Gasteiger partial charge is 0.342 e. The second-order valence-corrected chi connectivity index (χ2v) is 7.09. The number of nitrogens with two attached hydrogens (primary N) is 1. The van der Waals surface area contributed by atoms with E-state index in [1.807, 2.05) is 42.0 Å². The molecule has 0 fully saturated rings. The average Bonchev–Trinajstić information content (AvgIpc) is 3.34. The summed E-state index contributed by atoms with van der Waals surface area (Å²) in [4.78, 5) is 25.2. The summed E-state index contributed by atoms with van der Waals surface area (Å²) in [6.07, 6.45) is 7.22. The zero-order valence-corrected chi connectivity index (χ0v) is 18.2. The molecule has 0 bridgehead atoms. The lowest BCUT2D eigenvalue weighted by Crippen LogP contribution is -2.07. The van der Waals surface area contributed by atoms with Crippen LogP contribution in [0.15, 0.2) is 35.1 Å². The maximum absolute atomic E-state index is 12.3. The summed E-state index contributed by atoms with van der Waals surface area (Å²) >= 11 is 0. The molecule has 0 radical (unpaired) electrons. The summed E-state index contributed by atoms with van der Waals surface area (Å²) in [6.45, 7) is 5.57. The molecular weight excluding hydrogens is 410 g/mol. The molecule has 0 unspecified atom stereocenters. The van der Waals surface area contributed by atoms with E-state index in [2.05, 4.69) is 15.0 Å². The Hall–Kier alpha value is -4.14. The predicted octanol–water partition coefficient (Wildman–Crippen LogP) is 3.96. The Morgan fingerprint density at radius 2 is 2.06 bits per heavy atom. The second-order valence-electron chi connectivity index (χ2n) is 7.09. The first-order valence-corrected chi connectivity index (χ1v) is 10.0. The lowest BCUT2D eigenvalue weighted by Gasteiger charge is -2.10. The fourth-order valence-electron chi connectivity index (χ4n) is 3.41. The summed E-state index contributed by atoms with van der Waals surface area (Å²) in [7, 11) is 1.62. The van der Waals surface area contributed by atoms with Crippen molar-refractivity contribution in [3.05, 3.63) is 59.1 Å². The van der Waals surface area contributed by atoms with Gasteiger partial charge < -0.3 is 24.2 Å². The van der Waals surface area contributed by atoms with E-state index in [-0.39, 0.29) is 23.7 Å². The summed E-state index contributed by atoms with van der Waals surface area (Å²) in [5, 5.41) is 0.361. The van der Waals surface area contributed by atoms with Crippen molar-refractivity contribution in [3.63, 3.8) is 0 Å². The molecule has 0 aliphatic carbocycles. The van der Waals surface area contributed by atoms with Crippen molar-refractivity contribution in [3.8, 4) is 11.4 Å². The van der Waals surface area contributed by atoms with Gasteiger partial charge in [0, 0.05) is 6.20 Å². The molecule has 9 heteroatoms. The first-order chi connectivity index (χ1) is 15.4. The van der Waals surface area contributed by atoms with Crippen molar-refractivity contribution >= 4 is 35.0 Å². The van der Waals surface area contributed by atoms with Crippen molar-refractivity contribution < 1.29 is 18.7 Å². The molecule has 1 aromatic carbocycles. The number of aryl methyl sites for hydroxylation is 2. The van der Waals surface area contributed by atoms with E-state index < -0.39 is 5.97 Å². The molecule has 0 amide bonds. The minimum Gasteiger partial charge on any atom is -0.495 e. The fourth-order valence-corrected chi connectivity index (χ4v) is 3.41. The van der Waals surface area contributed by atoms with Crippen LogP contribution in [0.25, 0.3) is 28.9 Å². The number of nitrogen functional groups attached to an aromatic ring is 1. The zero-order chi connectivity index (χ0) is 22.8. The van der Waals surface area contributed by atoms with Gasteiger partial charge in [-0.25, -0.2) is 14.8 Å². The molecule has 2 N–H and O–H groups in total. The molecular formula is C23H23N5O4. The molecule has 4 rings (SSSR count). The number of methoxy groups -OCH3 is 1. The molecule has 0 spiro atoms. The standard InChI is InChI=1S/C23H23N5O4/c1-5-31-23(29)19-14(3)32-22-20(19)21(24)26-18(27-22)9-7-15-6-8-16(17(10-15)30-4)28-11-13(2)25-12-28/h6-12H,5H2,1-4H3,(H2,24,26,27). The predicted molar refractivity (Wildman–Crippen MR) is 121 cm³/mol. The molecule has 0 aliphatic heterocycles. The third kappa shape index (κ3) is 3.92. The van der Waals surface area contributed by atoms with Crippen LogP contribution < -0.4 is 10.5 Å². The number of aromatic nitrogens is 4. The summed E-state index contributed by atoms with van der Waals surface area (Å²) in [6, 6.07) is 5.79. The third-order valence-corrected chi connectivity index (χ3v) is 4.87. The molecule has 32 heavy (non-hydrogen) atoms. The Balaban J connectivity index is 1.66. The van der Waals surface area contributed by atoms with Crippen LogP contribution in [-0.4, -0.2) is 39.2 Å². The molecule has 0 atom stereocenters. The van der Waals surface area contributed by atoms with Crippen molar-refractivity contribution in [2.24, 2.45) is 0 Å². The number of esters is 1. The molecule has 164 valence electrons. The van der Waals surface area contributed by atoms with E-state index in [0.717, 1.165) is 16.9 Å². The fraction of sp³-hybridized carbons (Fsp3) is 0.217. The number of carbonyl (C=O) groups is 1. The largest absolute Gasteiger partial charge is 0.495 e. The number of imidazole rings is 1. The first kappa shape index (κ1) is 21.1. The zero-order valence-electron chi connectivity index (χ0n) is 18.2. The number of benzene rings is 1. The molecule has 0 aliphatic rings. The Bertz CT molecular complexity index is 1340. The average molecular weight is 433 g/mol. The van der Waals surface area contributed by atoms with E-state index in [0.29, 0.717) is 22.7 Å². The van der Waals surface area contributed by atoms with Gasteiger partial charge in [0.05, 0.1) is 36.8 Å². The van der Waals surface area contributed by atoms with Gasteiger partial charge in [-0.15, -0.1) is 0 Å². The summed E-state index contributed by atoms with van der Waals surface area (Å²) in [5.74, 6) is 1.07. The van der Waals surface area contributed by atoms with Crippen LogP contribution in [0, 0.1) is 13.8 Å². The van der Waals surface area contributed by atoms with E-state index in [1.165, 1.54) is 0 Å². The molecule has 0 saturated carbocycles. The monoisotopic (exact) mass is 433 g/mol. The van der Waals surface area contributed by atoms with E-state index in [1.54, 1.807) is 33.4 Å². The number of fused-ring (bicyclic) bond motifs is 1. The van der Waals surface area contributed by atoms with Gasteiger partial charge >= 0.3 is 5.97 Å². The van der Waals surface area contributed by atoms with Crippen LogP contribution in [-0.2, 0) is 4.74 Å². The molecule has 9 nitrogen and oxygen atoms in total. The van der Waals surface area contributed by atoms with Gasteiger partial charge in [-0.3, -0.25) is 0 Å². The third-order valence-electron chi connectivity index (χ3n) is 4.87. The lowest BCUT2D eigenvalue weighted by molar-refractivity contribution is 0.0526. The van der Waals surface area contributed by atoms with E-state index in [9.17, 15) is 4.79 Å². The number of anilines is 1. The highest BCUT2D eigenvalue weighted by Crippen LogP contribution is 2.29. The SMILES string of the molecule is CCOC(=O)c1c(C)oc2nc(C=Cc3ccc(-n4cnc(C)c4)c(OC)c3)nc(N)c12. The number of ether oxygens (including phenoxy) is 2. The number of rotatable bonds is 6. The highest BCUT2D eigenvalue weighted by atomic mass is 16.5. The number of hydrogen-bond donors (Lipinski definition) is 1. The second kappa shape index (κ2) is 8.54. The quantitative estimate of drug-likeness (QED) is 0.454. The highest BCUT2D eigenvalue weighted by molar-refractivity contribution is 6.07. The van der Waals surface area contributed by atoms with Gasteiger partial charge in [-0.05, 0) is 44.5 Å². The Labute approximate surface area is 184 Å². The normalized spacial score (nSPS) is 11.4. The van der Waals surface area contributed by atoms with Crippen molar-refractivity contribution in [2.75, 3.05) is 19.5 Å². The highest BCUT2D eigenvalue weighted by Gasteiger charge is 2.23. The van der Waals surface area contributed by atoms with Gasteiger partial charge in [0.15, 0.2) is 5.82 Å². The minimum absolute atomic E-state index is 0.151. The van der Waals surface area contributed by atoms with E-state index in [4.69, 9.17) is 19.6 Å². The Morgan fingerprint density at radius 3 is 2.75 bits per heavy atom. The summed E-state index contributed by atoms with van der Waals surface area (Å²) in [5.41, 5.74) is 9.29. The van der Waals surface area contributed by atoms with Crippen molar-refractivity contribution in [1.82, 2.24) is 19.5 Å². The Kier molecular flexibility index (Phi) is 5.63. The minimum atomic E-state index is -0.511. The van der Waals surface area contributed by atoms with Crippen molar-refractivity contribution in [2.45, 2.75) is 20.8 Å². The van der Waals surface area contributed by atoms with Crippen LogP contribution in [0.2, 0.25) is 0 Å². The van der Waals surface area contributed by atoms with Gasteiger partial charge in [0.25, 0.3) is 0 Å². The Morgan fingerprint density at radius 1 is 1.25 bits per heavy atom. The number of hydrogen-bond acceptors (Lipinski definition) is 8. The number of furan rings is 1. The first-order valence-electron chi connectivity index (χ1n) is 10.0. The lowest BCUT2D eigenvalue weighted by atomic mass is 10.1. The van der Waals surface area contributed by atoms with Crippen LogP contribution in [0.4, 0.5) is 5.82 Å². The maximum atomic E-state index is 12.3. The van der Waals surface area contributed by atoms with Gasteiger partial charge in [-0.1, -0.05) is 12.1 Å². The van der Waals surface area contributed by atoms with Crippen LogP contribution >= 0.6 is 0 Å². The molecule has 0 saturated heterocycles. The van der Waals surface area contributed by atoms with Gasteiger partial charge in [-0.2, -0.15) is 4.98 Å². The van der Waals surface area contributed by atoms with Crippen LogP contribution in [0.3, 0.4) is 0 Å². The molecule has 3 heterocycles. The van der Waals surface area contributed by atoms with Gasteiger partial charge in [0.1, 0.15) is 22.9 Å². The molecule has 3 aromatic heterocycles. The van der Waals surface area contributed by atoms with E-state index >= 15 is 0 Å². The van der Waals surface area contributed by atoms with Crippen molar-refractivity contribution in [1.29, 1.82) is 0 Å². The van der Waals surface area contributed by atoms with Crippen LogP contribution in [0.5, 0.6) is 5.75 Å².